The summed E-state index contributed by atoms with van der Waals surface area (Å²) in [5, 5.41) is 14.0. The van der Waals surface area contributed by atoms with Crippen LogP contribution in [0.3, 0.4) is 0 Å². The lowest BCUT2D eigenvalue weighted by Gasteiger charge is -2.54. The maximum absolute atomic E-state index is 12.8. The third-order valence-corrected chi connectivity index (χ3v) is 7.33. The Morgan fingerprint density at radius 2 is 2.27 bits per heavy atom. The minimum Gasteiger partial charge on any atom is -0.504 e. The van der Waals surface area contributed by atoms with E-state index >= 15 is 0 Å². The Morgan fingerprint density at radius 3 is 3.08 bits per heavy atom. The molecule has 26 heavy (non-hydrogen) atoms. The van der Waals surface area contributed by atoms with Crippen LogP contribution in [-0.2, 0) is 21.4 Å². The fourth-order valence-electron chi connectivity index (χ4n) is 6.66. The Balaban J connectivity index is 1.67. The van der Waals surface area contributed by atoms with Crippen molar-refractivity contribution in [2.75, 3.05) is 6.54 Å². The molecule has 2 N–H and O–H groups in total. The summed E-state index contributed by atoms with van der Waals surface area (Å²) in [4.78, 5) is 26.9. The average Bonchev–Trinajstić information content (AvgIpc) is 3.22. The number of phenolic OH excluding ortho intramolecular Hbond substituents is 1. The molecule has 2 saturated heterocycles. The van der Waals surface area contributed by atoms with Gasteiger partial charge in [0.15, 0.2) is 29.2 Å². The van der Waals surface area contributed by atoms with Crippen molar-refractivity contribution in [3.63, 3.8) is 0 Å². The van der Waals surface area contributed by atoms with Gasteiger partial charge in [0.2, 0.25) is 0 Å². The van der Waals surface area contributed by atoms with Crippen molar-refractivity contribution in [1.82, 2.24) is 10.2 Å². The van der Waals surface area contributed by atoms with Crippen molar-refractivity contribution in [2.45, 2.75) is 55.7 Å². The van der Waals surface area contributed by atoms with Gasteiger partial charge in [0.1, 0.15) is 5.82 Å². The molecule has 6 heteroatoms. The molecule has 2 aliphatic carbocycles. The predicted molar refractivity (Wildman–Crippen MR) is 91.9 cm³/mol. The Hall–Kier alpha value is -2.50. The molecule has 2 spiro atoms. The van der Waals surface area contributed by atoms with Crippen molar-refractivity contribution in [1.29, 1.82) is 0 Å². The number of carbonyl (C=O) groups excluding carboxylic acids is 2. The quantitative estimate of drug-likeness (QED) is 0.739. The second kappa shape index (κ2) is 4.24. The number of phenols is 1. The summed E-state index contributed by atoms with van der Waals surface area (Å²) in [7, 11) is 0. The first-order valence-corrected chi connectivity index (χ1v) is 9.30. The van der Waals surface area contributed by atoms with E-state index in [9.17, 15) is 14.7 Å². The zero-order valence-electron chi connectivity index (χ0n) is 14.5. The fourth-order valence-corrected chi connectivity index (χ4v) is 6.66. The highest BCUT2D eigenvalue weighted by atomic mass is 16.5. The average molecular weight is 352 g/mol. The van der Waals surface area contributed by atoms with Crippen LogP contribution < -0.4 is 10.1 Å². The van der Waals surface area contributed by atoms with Crippen LogP contribution in [0, 0.1) is 0 Å². The molecule has 1 aromatic carbocycles. The molecule has 6 nitrogen and oxygen atoms in total. The van der Waals surface area contributed by atoms with E-state index < -0.39 is 11.5 Å². The molecule has 1 aromatic rings. The van der Waals surface area contributed by atoms with Crippen LogP contribution in [0.2, 0.25) is 0 Å². The van der Waals surface area contributed by atoms with Gasteiger partial charge in [-0.3, -0.25) is 9.59 Å². The highest BCUT2D eigenvalue weighted by Gasteiger charge is 2.77. The third-order valence-electron chi connectivity index (χ3n) is 7.33. The fraction of sp³-hybridized carbons (Fsp3) is 0.500. The smallest absolute Gasteiger partial charge is 0.174 e. The zero-order valence-corrected chi connectivity index (χ0v) is 14.5. The minimum atomic E-state index is -0.537. The van der Waals surface area contributed by atoms with Crippen molar-refractivity contribution in [3.05, 3.63) is 35.2 Å². The van der Waals surface area contributed by atoms with Gasteiger partial charge in [-0.2, -0.15) is 0 Å². The highest BCUT2D eigenvalue weighted by Crippen LogP contribution is 2.68. The van der Waals surface area contributed by atoms with Gasteiger partial charge in [0, 0.05) is 24.6 Å². The van der Waals surface area contributed by atoms with E-state index in [2.05, 4.69) is 10.2 Å². The lowest BCUT2D eigenvalue weighted by Crippen LogP contribution is -2.70. The number of nitrogens with one attached hydrogen (secondary N) is 1. The predicted octanol–water partition coefficient (Wildman–Crippen LogP) is 1.16. The lowest BCUT2D eigenvalue weighted by molar-refractivity contribution is -0.135. The van der Waals surface area contributed by atoms with Gasteiger partial charge >= 0.3 is 0 Å². The number of aromatic hydroxyl groups is 1. The number of hydrogen-bond donors (Lipinski definition) is 2. The number of hydrogen-bond acceptors (Lipinski definition) is 6. The van der Waals surface area contributed by atoms with E-state index in [0.29, 0.717) is 12.2 Å². The normalized spacial score (nSPS) is 39.5. The molecular formula is C20H20N2O4. The molecule has 3 heterocycles. The SMILES string of the molecule is CC(=O)/C=C1/NC2Cc3ccc(O)c4c3[C@]35CCN1[C@]23CCC(=O)C5O4. The molecule has 0 amide bonds. The third kappa shape index (κ3) is 1.30. The summed E-state index contributed by atoms with van der Waals surface area (Å²) in [6, 6.07) is 3.78. The second-order valence-corrected chi connectivity index (χ2v) is 8.25. The van der Waals surface area contributed by atoms with Gasteiger partial charge in [-0.25, -0.2) is 0 Å². The number of ketones is 2. The van der Waals surface area contributed by atoms with Crippen molar-refractivity contribution in [3.8, 4) is 11.5 Å². The summed E-state index contributed by atoms with van der Waals surface area (Å²) < 4.78 is 6.15. The number of allylic oxidation sites excluding steroid dienone is 1. The number of ether oxygens (including phenoxy) is 1. The molecule has 0 aromatic heterocycles. The van der Waals surface area contributed by atoms with Gasteiger partial charge in [0.05, 0.1) is 17.0 Å². The number of benzene rings is 1. The Morgan fingerprint density at radius 1 is 1.42 bits per heavy atom. The molecule has 3 aliphatic heterocycles. The van der Waals surface area contributed by atoms with Gasteiger partial charge < -0.3 is 20.1 Å². The lowest BCUT2D eigenvalue weighted by atomic mass is 9.51. The molecule has 134 valence electrons. The summed E-state index contributed by atoms with van der Waals surface area (Å²) >= 11 is 0. The van der Waals surface area contributed by atoms with E-state index in [1.807, 2.05) is 6.07 Å². The van der Waals surface area contributed by atoms with E-state index in [0.717, 1.165) is 42.8 Å². The number of Topliss-reactive ketones (excluding diaryl/α,β-unsaturated/α-hetero) is 1. The second-order valence-electron chi connectivity index (χ2n) is 8.25. The van der Waals surface area contributed by atoms with Crippen molar-refractivity contribution >= 4 is 11.6 Å². The van der Waals surface area contributed by atoms with Gasteiger partial charge in [-0.15, -0.1) is 0 Å². The maximum Gasteiger partial charge on any atom is 0.174 e. The van der Waals surface area contributed by atoms with Gasteiger partial charge in [0.25, 0.3) is 0 Å². The highest BCUT2D eigenvalue weighted by molar-refractivity contribution is 5.91. The zero-order chi connectivity index (χ0) is 17.8. The van der Waals surface area contributed by atoms with E-state index in [1.165, 1.54) is 0 Å². The maximum atomic E-state index is 12.8. The Labute approximate surface area is 150 Å². The van der Waals surface area contributed by atoms with Crippen LogP contribution in [0.5, 0.6) is 11.5 Å². The monoisotopic (exact) mass is 352 g/mol. The van der Waals surface area contributed by atoms with Crippen molar-refractivity contribution < 1.29 is 19.4 Å². The minimum absolute atomic E-state index is 0.0189. The summed E-state index contributed by atoms with van der Waals surface area (Å²) in [6.07, 6.45) is 3.98. The molecule has 4 atom stereocenters. The van der Waals surface area contributed by atoms with Crippen LogP contribution in [-0.4, -0.2) is 45.8 Å². The van der Waals surface area contributed by atoms with Crippen LogP contribution in [0.4, 0.5) is 0 Å². The van der Waals surface area contributed by atoms with Crippen LogP contribution in [0.15, 0.2) is 24.0 Å². The Kier molecular flexibility index (Phi) is 2.39. The summed E-state index contributed by atoms with van der Waals surface area (Å²) in [6.45, 7) is 2.35. The molecule has 3 fully saturated rings. The van der Waals surface area contributed by atoms with E-state index in [4.69, 9.17) is 4.74 Å². The summed E-state index contributed by atoms with van der Waals surface area (Å²) in [5.41, 5.74) is 1.49. The molecule has 0 radical (unpaired) electrons. The molecule has 2 unspecified atom stereocenters. The molecular weight excluding hydrogens is 332 g/mol. The largest absolute Gasteiger partial charge is 0.504 e. The van der Waals surface area contributed by atoms with Crippen molar-refractivity contribution in [2.24, 2.45) is 0 Å². The number of carbonyl (C=O) groups is 2. The first-order valence-electron chi connectivity index (χ1n) is 9.30. The first-order chi connectivity index (χ1) is 12.5. The number of rotatable bonds is 1. The Bertz CT molecular complexity index is 938. The molecule has 6 rings (SSSR count). The summed E-state index contributed by atoms with van der Waals surface area (Å²) in [5.74, 6) is 1.65. The van der Waals surface area contributed by atoms with Crippen LogP contribution in [0.25, 0.3) is 0 Å². The number of nitrogens with zero attached hydrogens (tertiary/aromatic N) is 1. The van der Waals surface area contributed by atoms with Gasteiger partial charge in [-0.05, 0) is 37.8 Å². The molecule has 5 aliphatic rings. The van der Waals surface area contributed by atoms with Crippen LogP contribution >= 0.6 is 0 Å². The van der Waals surface area contributed by atoms with E-state index in [-0.39, 0.29) is 28.9 Å². The molecule has 0 bridgehead atoms. The van der Waals surface area contributed by atoms with Gasteiger partial charge in [-0.1, -0.05) is 6.07 Å². The van der Waals surface area contributed by atoms with Crippen LogP contribution in [0.1, 0.15) is 37.3 Å². The molecule has 1 saturated carbocycles. The topological polar surface area (TPSA) is 78.9 Å². The standard InChI is InChI=1S/C20H20N2O4/c1-10(23)8-15-21-14-9-11-2-3-12(24)17-16(11)19-6-7-22(15)20(14,19)5-4-13(25)18(19)26-17/h2-3,8,14,18,21,24H,4-7,9H2,1H3/b15-8-/t14?,18?,19-,20+/m0/s1. The van der Waals surface area contributed by atoms with E-state index in [1.54, 1.807) is 19.1 Å². The first kappa shape index (κ1) is 14.6.